The molecule has 0 saturated carbocycles. The Morgan fingerprint density at radius 1 is 1.19 bits per heavy atom. The number of aromatic nitrogens is 1. The molecule has 1 N–H and O–H groups in total. The molecule has 0 spiro atoms. The van der Waals surface area contributed by atoms with E-state index < -0.39 is 17.7 Å². The van der Waals surface area contributed by atoms with E-state index in [1.807, 2.05) is 0 Å². The molecular formula is C15H13FN2O3. The maximum atomic E-state index is 13.7. The average molecular weight is 288 g/mol. The molecule has 2 rings (SSSR count). The summed E-state index contributed by atoms with van der Waals surface area (Å²) in [5.41, 5.74) is 1.12. The van der Waals surface area contributed by atoms with Crippen molar-refractivity contribution in [1.82, 2.24) is 4.98 Å². The number of ether oxygens (including phenoxy) is 1. The van der Waals surface area contributed by atoms with Crippen LogP contribution in [0.5, 0.6) is 0 Å². The highest BCUT2D eigenvalue weighted by molar-refractivity contribution is 6.04. The van der Waals surface area contributed by atoms with Gasteiger partial charge < -0.3 is 10.1 Å². The van der Waals surface area contributed by atoms with E-state index >= 15 is 0 Å². The minimum absolute atomic E-state index is 0.0940. The average Bonchev–Trinajstić information content (AvgIpc) is 2.49. The van der Waals surface area contributed by atoms with Gasteiger partial charge in [0.25, 0.3) is 5.91 Å². The molecule has 0 fully saturated rings. The quantitative estimate of drug-likeness (QED) is 0.881. The second-order valence-electron chi connectivity index (χ2n) is 4.33. The Labute approximate surface area is 120 Å². The van der Waals surface area contributed by atoms with Gasteiger partial charge in [-0.05, 0) is 37.3 Å². The van der Waals surface area contributed by atoms with E-state index in [9.17, 15) is 14.0 Å². The standard InChI is InChI=1S/C15H13FN2O3/c1-9-3-4-11(8-17-9)14(19)18-13-7-10(15(20)21-2)5-6-12(13)16/h3-8H,1-2H3,(H,18,19). The number of carbonyl (C=O) groups excluding carboxylic acids is 2. The number of nitrogens with one attached hydrogen (secondary N) is 1. The van der Waals surface area contributed by atoms with Gasteiger partial charge in [-0.15, -0.1) is 0 Å². The van der Waals surface area contributed by atoms with Crippen LogP contribution in [0.25, 0.3) is 0 Å². The third-order valence-electron chi connectivity index (χ3n) is 2.81. The molecule has 5 nitrogen and oxygen atoms in total. The Hall–Kier alpha value is -2.76. The van der Waals surface area contributed by atoms with E-state index in [1.54, 1.807) is 19.1 Å². The summed E-state index contributed by atoms with van der Waals surface area (Å²) in [4.78, 5) is 27.4. The first-order valence-corrected chi connectivity index (χ1v) is 6.13. The first kappa shape index (κ1) is 14.6. The third-order valence-corrected chi connectivity index (χ3v) is 2.81. The van der Waals surface area contributed by atoms with Crippen molar-refractivity contribution in [3.05, 3.63) is 59.2 Å². The molecule has 108 valence electrons. The largest absolute Gasteiger partial charge is 0.465 e. The summed E-state index contributed by atoms with van der Waals surface area (Å²) in [6.07, 6.45) is 1.40. The fourth-order valence-corrected chi connectivity index (χ4v) is 1.66. The third kappa shape index (κ3) is 3.42. The van der Waals surface area contributed by atoms with Gasteiger partial charge in [-0.2, -0.15) is 0 Å². The van der Waals surface area contributed by atoms with E-state index in [-0.39, 0.29) is 11.3 Å². The van der Waals surface area contributed by atoms with Crippen molar-refractivity contribution in [2.75, 3.05) is 12.4 Å². The van der Waals surface area contributed by atoms with Crippen molar-refractivity contribution in [2.24, 2.45) is 0 Å². The van der Waals surface area contributed by atoms with Crippen molar-refractivity contribution < 1.29 is 18.7 Å². The Balaban J connectivity index is 2.24. The van der Waals surface area contributed by atoms with Crippen LogP contribution < -0.4 is 5.32 Å². The highest BCUT2D eigenvalue weighted by atomic mass is 19.1. The number of pyridine rings is 1. The Morgan fingerprint density at radius 3 is 2.52 bits per heavy atom. The zero-order chi connectivity index (χ0) is 15.4. The van der Waals surface area contributed by atoms with Gasteiger partial charge in [0.1, 0.15) is 5.82 Å². The monoisotopic (exact) mass is 288 g/mol. The SMILES string of the molecule is COC(=O)c1ccc(F)c(NC(=O)c2ccc(C)nc2)c1. The molecule has 0 unspecified atom stereocenters. The van der Waals surface area contributed by atoms with Crippen molar-refractivity contribution in [2.45, 2.75) is 6.92 Å². The van der Waals surface area contributed by atoms with E-state index in [1.165, 1.54) is 25.4 Å². The summed E-state index contributed by atoms with van der Waals surface area (Å²) >= 11 is 0. The molecule has 0 aliphatic heterocycles. The van der Waals surface area contributed by atoms with Crippen LogP contribution in [0.4, 0.5) is 10.1 Å². The van der Waals surface area contributed by atoms with Crippen LogP contribution in [0.1, 0.15) is 26.4 Å². The molecule has 0 radical (unpaired) electrons. The maximum absolute atomic E-state index is 13.7. The van der Waals surface area contributed by atoms with Crippen molar-refractivity contribution >= 4 is 17.6 Å². The summed E-state index contributed by atoms with van der Waals surface area (Å²) in [5.74, 6) is -1.76. The van der Waals surface area contributed by atoms with Crippen LogP contribution in [0.15, 0.2) is 36.5 Å². The molecule has 1 amide bonds. The lowest BCUT2D eigenvalue weighted by molar-refractivity contribution is 0.0600. The van der Waals surface area contributed by atoms with Crippen LogP contribution in [-0.2, 0) is 4.74 Å². The summed E-state index contributed by atoms with van der Waals surface area (Å²) in [6.45, 7) is 1.79. The first-order chi connectivity index (χ1) is 10.0. The fraction of sp³-hybridized carbons (Fsp3) is 0.133. The van der Waals surface area contributed by atoms with Crippen molar-refractivity contribution in [3.8, 4) is 0 Å². The topological polar surface area (TPSA) is 68.3 Å². The van der Waals surface area contributed by atoms with Gasteiger partial charge in [-0.1, -0.05) is 0 Å². The highest BCUT2D eigenvalue weighted by Crippen LogP contribution is 2.18. The van der Waals surface area contributed by atoms with Gasteiger partial charge in [-0.3, -0.25) is 9.78 Å². The van der Waals surface area contributed by atoms with Crippen LogP contribution in [0.2, 0.25) is 0 Å². The number of carbonyl (C=O) groups is 2. The van der Waals surface area contributed by atoms with Crippen LogP contribution in [0.3, 0.4) is 0 Å². The molecule has 21 heavy (non-hydrogen) atoms. The summed E-state index contributed by atoms with van der Waals surface area (Å²) < 4.78 is 18.2. The van der Waals surface area contributed by atoms with E-state index in [4.69, 9.17) is 0 Å². The smallest absolute Gasteiger partial charge is 0.337 e. The zero-order valence-electron chi connectivity index (χ0n) is 11.5. The summed E-state index contributed by atoms with van der Waals surface area (Å²) in [6, 6.07) is 6.86. The van der Waals surface area contributed by atoms with Crippen LogP contribution in [0, 0.1) is 12.7 Å². The second-order valence-corrected chi connectivity index (χ2v) is 4.33. The number of halogens is 1. The van der Waals surface area contributed by atoms with Crippen LogP contribution in [-0.4, -0.2) is 24.0 Å². The first-order valence-electron chi connectivity index (χ1n) is 6.13. The molecule has 0 saturated heterocycles. The second kappa shape index (κ2) is 6.13. The molecule has 1 aromatic heterocycles. The number of methoxy groups -OCH3 is 1. The number of aryl methyl sites for hydroxylation is 1. The van der Waals surface area contributed by atoms with Crippen molar-refractivity contribution in [1.29, 1.82) is 0 Å². The number of anilines is 1. The number of nitrogens with zero attached hydrogens (tertiary/aromatic N) is 1. The number of rotatable bonds is 3. The Kier molecular flexibility index (Phi) is 4.27. The van der Waals surface area contributed by atoms with Gasteiger partial charge in [0, 0.05) is 11.9 Å². The fourth-order valence-electron chi connectivity index (χ4n) is 1.66. The number of amides is 1. The number of esters is 1. The van der Waals surface area contributed by atoms with E-state index in [0.29, 0.717) is 5.56 Å². The lowest BCUT2D eigenvalue weighted by atomic mass is 10.2. The van der Waals surface area contributed by atoms with Crippen molar-refractivity contribution in [3.63, 3.8) is 0 Å². The Bertz CT molecular complexity index is 684. The van der Waals surface area contributed by atoms with Crippen LogP contribution >= 0.6 is 0 Å². The van der Waals surface area contributed by atoms with Gasteiger partial charge in [-0.25, -0.2) is 9.18 Å². The number of hydrogen-bond acceptors (Lipinski definition) is 4. The molecule has 0 aliphatic rings. The van der Waals surface area contributed by atoms with Gasteiger partial charge >= 0.3 is 5.97 Å². The minimum atomic E-state index is -0.643. The van der Waals surface area contributed by atoms with Gasteiger partial charge in [0.2, 0.25) is 0 Å². The summed E-state index contributed by atoms with van der Waals surface area (Å²) in [5, 5.41) is 2.40. The van der Waals surface area contributed by atoms with Gasteiger partial charge in [0.15, 0.2) is 0 Å². The maximum Gasteiger partial charge on any atom is 0.337 e. The molecular weight excluding hydrogens is 275 g/mol. The lowest BCUT2D eigenvalue weighted by Crippen LogP contribution is -2.14. The molecule has 1 aromatic carbocycles. The molecule has 2 aromatic rings. The zero-order valence-corrected chi connectivity index (χ0v) is 11.5. The minimum Gasteiger partial charge on any atom is -0.465 e. The summed E-state index contributed by atoms with van der Waals surface area (Å²) in [7, 11) is 1.22. The highest BCUT2D eigenvalue weighted by Gasteiger charge is 2.13. The normalized spacial score (nSPS) is 10.0. The van der Waals surface area contributed by atoms with E-state index in [2.05, 4.69) is 15.0 Å². The molecule has 0 bridgehead atoms. The molecule has 0 atom stereocenters. The van der Waals surface area contributed by atoms with E-state index in [0.717, 1.165) is 11.8 Å². The van der Waals surface area contributed by atoms with Gasteiger partial charge in [0.05, 0.1) is 23.9 Å². The number of hydrogen-bond donors (Lipinski definition) is 1. The molecule has 6 heteroatoms. The Morgan fingerprint density at radius 2 is 1.90 bits per heavy atom. The predicted molar refractivity (Wildman–Crippen MR) is 74.7 cm³/mol. The molecule has 0 aliphatic carbocycles. The predicted octanol–water partition coefficient (Wildman–Crippen LogP) is 2.57. The number of benzene rings is 1. The molecule has 1 heterocycles. The lowest BCUT2D eigenvalue weighted by Gasteiger charge is -2.08.